The molecule has 0 fully saturated rings. The molecule has 1 aromatic rings. The monoisotopic (exact) mass is 171 g/mol. The van der Waals surface area contributed by atoms with Crippen LogP contribution in [0.2, 0.25) is 0 Å². The van der Waals surface area contributed by atoms with E-state index in [1.807, 2.05) is 0 Å². The van der Waals surface area contributed by atoms with E-state index in [9.17, 15) is 9.90 Å². The van der Waals surface area contributed by atoms with E-state index < -0.39 is 17.4 Å². The molecule has 0 aliphatic carbocycles. The lowest BCUT2D eigenvalue weighted by Gasteiger charge is -2.03. The second-order valence-corrected chi connectivity index (χ2v) is 2.02. The molecule has 1 aromatic heterocycles. The number of carboxylic acid groups (broad SMARTS) is 1. The summed E-state index contributed by atoms with van der Waals surface area (Å²) in [6.45, 7) is 0. The van der Waals surface area contributed by atoms with Gasteiger partial charge in [-0.2, -0.15) is 0 Å². The van der Waals surface area contributed by atoms with Gasteiger partial charge in [-0.1, -0.05) is 0 Å². The summed E-state index contributed by atoms with van der Waals surface area (Å²) in [6.07, 6.45) is 1.25. The maximum absolute atomic E-state index is 10.4. The molecule has 0 amide bonds. The van der Waals surface area contributed by atoms with Crippen molar-refractivity contribution in [2.75, 3.05) is 7.11 Å². The van der Waals surface area contributed by atoms with Crippen LogP contribution < -0.4 is 4.74 Å². The zero-order valence-electron chi connectivity index (χ0n) is 6.31. The lowest BCUT2D eigenvalue weighted by Crippen LogP contribution is -2.01. The van der Waals surface area contributed by atoms with E-state index in [0.29, 0.717) is 0 Å². The van der Waals surface area contributed by atoms with Crippen molar-refractivity contribution in [2.45, 2.75) is 0 Å². The molecule has 5 nitrogen and oxygen atoms in total. The van der Waals surface area contributed by atoms with E-state index in [1.165, 1.54) is 19.4 Å². The molecule has 0 saturated carbocycles. The van der Waals surface area contributed by atoms with Gasteiger partial charge in [0.1, 0.15) is 0 Å². The van der Waals surface area contributed by atoms with Crippen molar-refractivity contribution in [3.8, 4) is 11.5 Å². The lowest BCUT2D eigenvalue weighted by atomic mass is 10.5. The van der Waals surface area contributed by atoms with Gasteiger partial charge in [-0.3, -0.25) is 0 Å². The highest BCUT2D eigenvalue weighted by Crippen LogP contribution is 2.27. The maximum atomic E-state index is 10.4. The molecule has 0 aliphatic heterocycles. The van der Waals surface area contributed by atoms with Gasteiger partial charge in [0.15, 0.2) is 17.2 Å². The fourth-order valence-electron chi connectivity index (χ4n) is 0.757. The number of pyridine rings is 1. The number of aromatic hydroxyl groups is 1. The van der Waals surface area contributed by atoms with Gasteiger partial charge in [0, 0.05) is 12.3 Å². The normalized spacial score (nSPS) is 9.42. The van der Waals surface area contributed by atoms with Gasteiger partial charge >= 0.3 is 5.97 Å². The van der Waals surface area contributed by atoms with Crippen LogP contribution in [0.3, 0.4) is 0 Å². The van der Waals surface area contributed by atoms with E-state index in [1.54, 1.807) is 0 Å². The van der Waals surface area contributed by atoms with Crippen LogP contribution in [0.25, 0.3) is 0 Å². The van der Waals surface area contributed by atoms with Crippen molar-refractivity contribution in [3.63, 3.8) is 0 Å². The summed E-state index contributed by atoms with van der Waals surface area (Å²) in [6, 6.07) is 1.38. The number of hydrogen-bond donors (Lipinski definition) is 2. The molecule has 2 N–H and O–H groups in total. The minimum absolute atomic E-state index is 0.0994. The highest BCUT2D eigenvalue weighted by Gasteiger charge is 2.14. The van der Waals surface area contributed by atoms with Gasteiger partial charge in [-0.15, -0.1) is 0 Å². The zero-order chi connectivity index (χ0) is 9.14. The fraction of sp³-hybridized carbons (Fsp3) is 0.143. The molecule has 0 saturated heterocycles. The Labute approximate surface area is 68.2 Å². The third-order valence-corrected chi connectivity index (χ3v) is 1.31. The van der Waals surface area contributed by atoms with Crippen molar-refractivity contribution in [3.05, 3.63) is 18.0 Å². The van der Waals surface area contributed by atoms with Gasteiger partial charge in [0.25, 0.3) is 0 Å². The Morgan fingerprint density at radius 3 is 2.92 bits per heavy atom. The van der Waals surface area contributed by atoms with Crippen LogP contribution in [0.1, 0.15) is 10.5 Å². The van der Waals surface area contributed by atoms with Crippen molar-refractivity contribution >= 4 is 5.97 Å². The number of hydrogen-bond acceptors (Lipinski definition) is 4. The molecule has 0 aromatic carbocycles. The second-order valence-electron chi connectivity index (χ2n) is 2.02. The largest absolute Gasteiger partial charge is 0.503 e. The molecule has 0 bridgehead atoms. The predicted molar refractivity (Wildman–Crippen MR) is 39.4 cm³/mol. The minimum atomic E-state index is -1.29. The van der Waals surface area contributed by atoms with Crippen molar-refractivity contribution in [1.82, 2.24) is 4.98 Å². The summed E-state index contributed by atoms with van der Waals surface area (Å²) < 4.78 is 4.68. The summed E-state index contributed by atoms with van der Waals surface area (Å²) in [5, 5.41) is 17.7. The van der Waals surface area contributed by atoms with Crippen molar-refractivity contribution in [1.29, 1.82) is 0 Å². The fourth-order valence-corrected chi connectivity index (χ4v) is 0.757. The molecule has 64 valence electrons. The number of nitrogens with zero attached hydrogens (tertiary/aromatic N) is 1. The number of aromatic nitrogens is 1. The number of ether oxygens (including phenoxy) is 1. The van der Waals surface area contributed by atoms with Crippen LogP contribution in [0.5, 0.6) is 11.5 Å². The average Bonchev–Trinajstić information content (AvgIpc) is 2.04. The Kier molecular flexibility index (Phi) is 2.14. The predicted octanol–water partition coefficient (Wildman–Crippen LogP) is 0.494. The van der Waals surface area contributed by atoms with Crippen LogP contribution in [-0.2, 0) is 0 Å². The summed E-state index contributed by atoms with van der Waals surface area (Å²) in [5.41, 5.74) is -0.408. The standard InChI is InChI=1S/C7H7NO4/c1-12-4-2-3-8-5(6(4)9)7(10)11/h2-3,9H,1H3,(H,10,11)/i5+2. The first-order valence-corrected chi connectivity index (χ1v) is 3.12. The Hall–Kier alpha value is -1.78. The highest BCUT2D eigenvalue weighted by molar-refractivity contribution is 5.89. The van der Waals surface area contributed by atoms with Crippen molar-refractivity contribution in [2.24, 2.45) is 0 Å². The van der Waals surface area contributed by atoms with Crippen LogP contribution >= 0.6 is 0 Å². The Morgan fingerprint density at radius 1 is 1.75 bits per heavy atom. The number of methoxy groups -OCH3 is 1. The third kappa shape index (κ3) is 1.29. The number of carboxylic acids is 1. The number of aromatic carboxylic acids is 1. The van der Waals surface area contributed by atoms with Crippen LogP contribution in [0.4, 0.5) is 0 Å². The second kappa shape index (κ2) is 3.08. The topological polar surface area (TPSA) is 79.7 Å². The quantitative estimate of drug-likeness (QED) is 0.677. The summed E-state index contributed by atoms with van der Waals surface area (Å²) in [7, 11) is 1.33. The molecule has 12 heavy (non-hydrogen) atoms. The molecule has 1 heterocycles. The first-order valence-electron chi connectivity index (χ1n) is 3.12. The highest BCUT2D eigenvalue weighted by atomic mass is 16.5. The first-order chi connectivity index (χ1) is 5.66. The zero-order valence-corrected chi connectivity index (χ0v) is 6.31. The van der Waals surface area contributed by atoms with Gasteiger partial charge in [-0.05, 0) is 0 Å². The summed E-state index contributed by atoms with van der Waals surface area (Å²) in [4.78, 5) is 13.9. The molecule has 0 radical (unpaired) electrons. The Morgan fingerprint density at radius 2 is 2.42 bits per heavy atom. The van der Waals surface area contributed by atoms with Crippen LogP contribution in [0, 0.1) is 0 Å². The van der Waals surface area contributed by atoms with E-state index >= 15 is 0 Å². The molecule has 5 heteroatoms. The first kappa shape index (κ1) is 8.32. The summed E-state index contributed by atoms with van der Waals surface area (Å²) >= 11 is 0. The molecule has 0 aliphatic rings. The van der Waals surface area contributed by atoms with E-state index in [0.717, 1.165) is 0 Å². The van der Waals surface area contributed by atoms with E-state index in [-0.39, 0.29) is 5.75 Å². The molecule has 0 atom stereocenters. The van der Waals surface area contributed by atoms with Gasteiger partial charge in [-0.25, -0.2) is 9.78 Å². The average molecular weight is 171 g/mol. The smallest absolute Gasteiger partial charge is 0.358 e. The van der Waals surface area contributed by atoms with Gasteiger partial charge < -0.3 is 14.9 Å². The Bertz CT molecular complexity index is 310. The molecular formula is C7H7NO4. The number of carbonyl (C=O) groups is 1. The number of rotatable bonds is 2. The third-order valence-electron chi connectivity index (χ3n) is 1.31. The van der Waals surface area contributed by atoms with Crippen molar-refractivity contribution < 1.29 is 19.7 Å². The van der Waals surface area contributed by atoms with E-state index in [4.69, 9.17) is 5.11 Å². The molecule has 1 rings (SSSR count). The molecular weight excluding hydrogens is 164 g/mol. The van der Waals surface area contributed by atoms with Gasteiger partial charge in [0.05, 0.1) is 7.11 Å². The van der Waals surface area contributed by atoms with Gasteiger partial charge in [0.2, 0.25) is 0 Å². The van der Waals surface area contributed by atoms with Crippen LogP contribution in [0.15, 0.2) is 12.3 Å². The SMILES string of the molecule is COc1ccn[14c](C(=O)O)c1O. The maximum Gasteiger partial charge on any atom is 0.358 e. The summed E-state index contributed by atoms with van der Waals surface area (Å²) in [5.74, 6) is -1.64. The Balaban J connectivity index is 3.23. The molecule has 0 unspecified atom stereocenters. The molecule has 0 spiro atoms. The van der Waals surface area contributed by atoms with Crippen LogP contribution in [-0.4, -0.2) is 28.3 Å². The van der Waals surface area contributed by atoms with E-state index in [2.05, 4.69) is 9.72 Å². The minimum Gasteiger partial charge on any atom is -0.503 e. The lowest BCUT2D eigenvalue weighted by molar-refractivity contribution is 0.0686.